The third-order valence-corrected chi connectivity index (χ3v) is 3.76. The van der Waals surface area contributed by atoms with Gasteiger partial charge in [-0.1, -0.05) is 13.3 Å². The summed E-state index contributed by atoms with van der Waals surface area (Å²) in [6, 6.07) is 0. The quantitative estimate of drug-likeness (QED) is 0.819. The zero-order valence-corrected chi connectivity index (χ0v) is 11.5. The molecule has 1 saturated heterocycles. The molecule has 1 atom stereocenters. The summed E-state index contributed by atoms with van der Waals surface area (Å²) in [4.78, 5) is 13.3. The van der Waals surface area contributed by atoms with Gasteiger partial charge in [-0.15, -0.1) is 5.10 Å². The molecule has 0 spiro atoms. The first-order chi connectivity index (χ1) is 9.05. The maximum atomic E-state index is 11.2. The summed E-state index contributed by atoms with van der Waals surface area (Å²) in [5, 5.41) is 20.9. The van der Waals surface area contributed by atoms with Gasteiger partial charge in [0.25, 0.3) is 0 Å². The number of aliphatic carboxylic acids is 1. The number of tetrazole rings is 1. The number of aromatic nitrogens is 4. The minimum absolute atomic E-state index is 0.559. The molecule has 1 unspecified atom stereocenters. The number of rotatable bonds is 6. The van der Waals surface area contributed by atoms with E-state index in [9.17, 15) is 9.90 Å². The summed E-state index contributed by atoms with van der Waals surface area (Å²) in [6.45, 7) is 6.72. The Labute approximate surface area is 112 Å². The summed E-state index contributed by atoms with van der Waals surface area (Å²) in [6.07, 6.45) is 2.82. The Morgan fingerprint density at radius 3 is 2.95 bits per heavy atom. The Balaban J connectivity index is 1.96. The SMILES string of the molecule is CCCCn1nnnc1CN1CCC(C)(C(=O)O)C1. The van der Waals surface area contributed by atoms with Gasteiger partial charge in [0.05, 0.1) is 12.0 Å². The summed E-state index contributed by atoms with van der Waals surface area (Å²) in [7, 11) is 0. The number of nitrogens with zero attached hydrogens (tertiary/aromatic N) is 5. The number of carboxylic acids is 1. The molecule has 1 aliphatic heterocycles. The molecule has 1 aromatic rings. The van der Waals surface area contributed by atoms with Crippen molar-refractivity contribution in [1.29, 1.82) is 0 Å². The predicted octanol–water partition coefficient (Wildman–Crippen LogP) is 0.770. The first kappa shape index (κ1) is 13.9. The molecule has 0 aromatic carbocycles. The molecule has 1 fully saturated rings. The fourth-order valence-electron chi connectivity index (χ4n) is 2.38. The molecule has 1 aromatic heterocycles. The third-order valence-electron chi connectivity index (χ3n) is 3.76. The Morgan fingerprint density at radius 2 is 2.32 bits per heavy atom. The van der Waals surface area contributed by atoms with Crippen molar-refractivity contribution in [2.24, 2.45) is 5.41 Å². The Hall–Kier alpha value is -1.50. The van der Waals surface area contributed by atoms with Crippen molar-refractivity contribution in [3.05, 3.63) is 5.82 Å². The zero-order valence-electron chi connectivity index (χ0n) is 11.5. The lowest BCUT2D eigenvalue weighted by molar-refractivity contribution is -0.147. The van der Waals surface area contributed by atoms with E-state index in [1.54, 1.807) is 6.92 Å². The monoisotopic (exact) mass is 267 g/mol. The molecule has 0 amide bonds. The number of carbonyl (C=O) groups is 1. The van der Waals surface area contributed by atoms with Gasteiger partial charge < -0.3 is 5.11 Å². The maximum Gasteiger partial charge on any atom is 0.310 e. The van der Waals surface area contributed by atoms with Crippen molar-refractivity contribution < 1.29 is 9.90 Å². The van der Waals surface area contributed by atoms with Crippen LogP contribution in [0.25, 0.3) is 0 Å². The molecule has 2 rings (SSSR count). The Morgan fingerprint density at radius 1 is 1.53 bits per heavy atom. The lowest BCUT2D eigenvalue weighted by Crippen LogP contribution is -2.32. The van der Waals surface area contributed by atoms with E-state index in [2.05, 4.69) is 27.3 Å². The number of hydrogen-bond acceptors (Lipinski definition) is 5. The second-order valence-electron chi connectivity index (χ2n) is 5.50. The maximum absolute atomic E-state index is 11.2. The van der Waals surface area contributed by atoms with E-state index in [0.717, 1.165) is 31.8 Å². The number of unbranched alkanes of at least 4 members (excludes halogenated alkanes) is 1. The Kier molecular flexibility index (Phi) is 4.14. The van der Waals surface area contributed by atoms with Gasteiger partial charge in [0.15, 0.2) is 5.82 Å². The molecule has 0 aliphatic carbocycles. The smallest absolute Gasteiger partial charge is 0.310 e. The van der Waals surface area contributed by atoms with Gasteiger partial charge in [-0.2, -0.15) is 0 Å². The first-order valence-corrected chi connectivity index (χ1v) is 6.76. The number of hydrogen-bond donors (Lipinski definition) is 1. The van der Waals surface area contributed by atoms with E-state index in [1.807, 2.05) is 4.68 Å². The van der Waals surface area contributed by atoms with Crippen LogP contribution in [0.1, 0.15) is 38.9 Å². The van der Waals surface area contributed by atoms with Crippen LogP contribution in [0.2, 0.25) is 0 Å². The summed E-state index contributed by atoms with van der Waals surface area (Å²) >= 11 is 0. The van der Waals surface area contributed by atoms with Gasteiger partial charge in [-0.3, -0.25) is 9.69 Å². The first-order valence-electron chi connectivity index (χ1n) is 6.76. The Bertz CT molecular complexity index is 447. The largest absolute Gasteiger partial charge is 0.481 e. The number of likely N-dealkylation sites (tertiary alicyclic amines) is 1. The van der Waals surface area contributed by atoms with Crippen LogP contribution < -0.4 is 0 Å². The fraction of sp³-hybridized carbons (Fsp3) is 0.833. The molecule has 0 radical (unpaired) electrons. The van der Waals surface area contributed by atoms with Crippen molar-refractivity contribution in [3.63, 3.8) is 0 Å². The molecule has 0 saturated carbocycles. The topological polar surface area (TPSA) is 84.1 Å². The van der Waals surface area contributed by atoms with Crippen LogP contribution in [0.5, 0.6) is 0 Å². The van der Waals surface area contributed by atoms with Gasteiger partial charge in [-0.25, -0.2) is 4.68 Å². The van der Waals surface area contributed by atoms with Crippen LogP contribution in [-0.4, -0.2) is 49.3 Å². The normalized spacial score (nSPS) is 23.9. The van der Waals surface area contributed by atoms with E-state index in [0.29, 0.717) is 19.5 Å². The standard InChI is InChI=1S/C12H21N5O2/c1-3-4-6-17-10(13-14-15-17)8-16-7-5-12(2,9-16)11(18)19/h3-9H2,1-2H3,(H,18,19). The van der Waals surface area contributed by atoms with E-state index < -0.39 is 11.4 Å². The molecule has 7 heteroatoms. The predicted molar refractivity (Wildman–Crippen MR) is 68.4 cm³/mol. The molecular weight excluding hydrogens is 246 g/mol. The van der Waals surface area contributed by atoms with Crippen LogP contribution in [0.3, 0.4) is 0 Å². The highest BCUT2D eigenvalue weighted by molar-refractivity contribution is 5.74. The van der Waals surface area contributed by atoms with Gasteiger partial charge >= 0.3 is 5.97 Å². The highest BCUT2D eigenvalue weighted by atomic mass is 16.4. The number of aryl methyl sites for hydroxylation is 1. The highest BCUT2D eigenvalue weighted by Crippen LogP contribution is 2.30. The number of carboxylic acid groups (broad SMARTS) is 1. The van der Waals surface area contributed by atoms with Crippen molar-refractivity contribution >= 4 is 5.97 Å². The van der Waals surface area contributed by atoms with E-state index in [4.69, 9.17) is 0 Å². The average Bonchev–Trinajstić information content (AvgIpc) is 2.95. The van der Waals surface area contributed by atoms with Gasteiger partial charge in [0, 0.05) is 13.1 Å². The fourth-order valence-corrected chi connectivity index (χ4v) is 2.38. The molecule has 7 nitrogen and oxygen atoms in total. The highest BCUT2D eigenvalue weighted by Gasteiger charge is 2.40. The average molecular weight is 267 g/mol. The second kappa shape index (κ2) is 5.64. The van der Waals surface area contributed by atoms with Crippen molar-refractivity contribution in [1.82, 2.24) is 25.1 Å². The summed E-state index contributed by atoms with van der Waals surface area (Å²) < 4.78 is 1.82. The van der Waals surface area contributed by atoms with E-state index in [-0.39, 0.29) is 0 Å². The molecule has 106 valence electrons. The lowest BCUT2D eigenvalue weighted by atomic mass is 9.90. The van der Waals surface area contributed by atoms with Crippen LogP contribution in [0.4, 0.5) is 0 Å². The molecule has 2 heterocycles. The van der Waals surface area contributed by atoms with E-state index >= 15 is 0 Å². The van der Waals surface area contributed by atoms with Crippen LogP contribution >= 0.6 is 0 Å². The molecular formula is C12H21N5O2. The van der Waals surface area contributed by atoms with Crippen LogP contribution in [0, 0.1) is 5.41 Å². The molecule has 0 bridgehead atoms. The lowest BCUT2D eigenvalue weighted by Gasteiger charge is -2.19. The van der Waals surface area contributed by atoms with Crippen molar-refractivity contribution in [2.45, 2.75) is 46.2 Å². The van der Waals surface area contributed by atoms with Crippen LogP contribution in [0.15, 0.2) is 0 Å². The molecule has 1 N–H and O–H groups in total. The molecule has 1 aliphatic rings. The van der Waals surface area contributed by atoms with Crippen LogP contribution in [-0.2, 0) is 17.9 Å². The summed E-state index contributed by atoms with van der Waals surface area (Å²) in [5.74, 6) is 0.101. The van der Waals surface area contributed by atoms with Gasteiger partial charge in [-0.05, 0) is 36.7 Å². The van der Waals surface area contributed by atoms with Crippen molar-refractivity contribution in [3.8, 4) is 0 Å². The van der Waals surface area contributed by atoms with Gasteiger partial charge in [0.1, 0.15) is 0 Å². The zero-order chi connectivity index (χ0) is 13.9. The minimum atomic E-state index is -0.722. The summed E-state index contributed by atoms with van der Waals surface area (Å²) in [5.41, 5.74) is -0.637. The molecule has 19 heavy (non-hydrogen) atoms. The second-order valence-corrected chi connectivity index (χ2v) is 5.50. The van der Waals surface area contributed by atoms with Crippen molar-refractivity contribution in [2.75, 3.05) is 13.1 Å². The van der Waals surface area contributed by atoms with E-state index in [1.165, 1.54) is 0 Å². The minimum Gasteiger partial charge on any atom is -0.481 e. The third kappa shape index (κ3) is 3.09. The van der Waals surface area contributed by atoms with Gasteiger partial charge in [0.2, 0.25) is 0 Å².